The Hall–Kier alpha value is -1.47. The van der Waals surface area contributed by atoms with Gasteiger partial charge in [-0.05, 0) is 27.7 Å². The SMILES string of the molecule is CC(C)Oc1nc(OC(C)C)nc([N+]2(C)CCOCC2)n1. The third-order valence-corrected chi connectivity index (χ3v) is 3.21. The molecule has 0 aromatic carbocycles. The first-order valence-corrected chi connectivity index (χ1v) is 7.41. The Kier molecular flexibility index (Phi) is 4.95. The predicted octanol–water partition coefficient (Wildman–Crippen LogP) is 1.41. The van der Waals surface area contributed by atoms with Crippen molar-refractivity contribution in [3.8, 4) is 12.0 Å². The molecule has 0 bridgehead atoms. The van der Waals surface area contributed by atoms with Gasteiger partial charge in [-0.25, -0.2) is 0 Å². The Balaban J connectivity index is 2.33. The lowest BCUT2D eigenvalue weighted by atomic mass is 10.4. The van der Waals surface area contributed by atoms with Crippen LogP contribution in [0, 0.1) is 0 Å². The lowest BCUT2D eigenvalue weighted by Gasteiger charge is -2.34. The normalized spacial score (nSPS) is 18.0. The zero-order valence-corrected chi connectivity index (χ0v) is 13.5. The van der Waals surface area contributed by atoms with Crippen LogP contribution in [-0.4, -0.2) is 60.5 Å². The molecule has 0 saturated carbocycles. The van der Waals surface area contributed by atoms with Crippen LogP contribution in [0.2, 0.25) is 0 Å². The molecule has 7 heteroatoms. The summed E-state index contributed by atoms with van der Waals surface area (Å²) in [7, 11) is 2.09. The Morgan fingerprint density at radius 1 is 0.905 bits per heavy atom. The second-order valence-electron chi connectivity index (χ2n) is 5.99. The minimum atomic E-state index is 0.00199. The van der Waals surface area contributed by atoms with Crippen LogP contribution in [0.15, 0.2) is 0 Å². The smallest absolute Gasteiger partial charge is 0.338 e. The number of aromatic nitrogens is 3. The monoisotopic (exact) mass is 297 g/mol. The van der Waals surface area contributed by atoms with Gasteiger partial charge in [-0.3, -0.25) is 4.48 Å². The highest BCUT2D eigenvalue weighted by molar-refractivity contribution is 5.28. The van der Waals surface area contributed by atoms with E-state index in [4.69, 9.17) is 14.2 Å². The van der Waals surface area contributed by atoms with Crippen molar-refractivity contribution >= 4 is 5.95 Å². The molecule has 2 heterocycles. The largest absolute Gasteiger partial charge is 0.460 e. The van der Waals surface area contributed by atoms with Crippen LogP contribution >= 0.6 is 0 Å². The third-order valence-electron chi connectivity index (χ3n) is 3.21. The molecule has 1 aromatic heterocycles. The van der Waals surface area contributed by atoms with Gasteiger partial charge in [-0.2, -0.15) is 0 Å². The Labute approximate surface area is 125 Å². The van der Waals surface area contributed by atoms with Gasteiger partial charge in [0.1, 0.15) is 13.1 Å². The minimum absolute atomic E-state index is 0.00199. The Morgan fingerprint density at radius 3 is 1.81 bits per heavy atom. The topological polar surface area (TPSA) is 66.4 Å². The van der Waals surface area contributed by atoms with E-state index in [0.29, 0.717) is 35.7 Å². The molecule has 7 nitrogen and oxygen atoms in total. The van der Waals surface area contributed by atoms with Crippen molar-refractivity contribution < 1.29 is 14.2 Å². The average molecular weight is 297 g/mol. The van der Waals surface area contributed by atoms with Crippen LogP contribution in [0.3, 0.4) is 0 Å². The maximum Gasteiger partial charge on any atom is 0.338 e. The molecule has 118 valence electrons. The summed E-state index contributed by atoms with van der Waals surface area (Å²) in [6.45, 7) is 10.8. The summed E-state index contributed by atoms with van der Waals surface area (Å²) < 4.78 is 17.3. The highest BCUT2D eigenvalue weighted by Gasteiger charge is 2.33. The zero-order chi connectivity index (χ0) is 15.5. The van der Waals surface area contributed by atoms with E-state index < -0.39 is 0 Å². The number of ether oxygens (including phenoxy) is 3. The van der Waals surface area contributed by atoms with Crippen molar-refractivity contribution in [3.63, 3.8) is 0 Å². The van der Waals surface area contributed by atoms with Crippen molar-refractivity contribution in [1.29, 1.82) is 0 Å². The minimum Gasteiger partial charge on any atom is -0.460 e. The fourth-order valence-corrected chi connectivity index (χ4v) is 2.04. The number of likely N-dealkylation sites (N-methyl/N-ethyl adjacent to an activating group) is 1. The summed E-state index contributed by atoms with van der Waals surface area (Å²) in [5.74, 6) is 0.666. The molecule has 0 aliphatic carbocycles. The van der Waals surface area contributed by atoms with E-state index in [2.05, 4.69) is 22.0 Å². The van der Waals surface area contributed by atoms with Crippen LogP contribution in [0.25, 0.3) is 0 Å². The fraction of sp³-hybridized carbons (Fsp3) is 0.786. The van der Waals surface area contributed by atoms with Gasteiger partial charge in [0.05, 0.1) is 32.5 Å². The number of hydrogen-bond acceptors (Lipinski definition) is 6. The van der Waals surface area contributed by atoms with Gasteiger partial charge in [-0.15, -0.1) is 15.0 Å². The van der Waals surface area contributed by atoms with E-state index in [1.165, 1.54) is 0 Å². The van der Waals surface area contributed by atoms with Gasteiger partial charge in [0, 0.05) is 0 Å². The molecule has 0 unspecified atom stereocenters. The average Bonchev–Trinajstić information content (AvgIpc) is 2.37. The molecule has 1 saturated heterocycles. The highest BCUT2D eigenvalue weighted by Crippen LogP contribution is 2.23. The molecule has 1 fully saturated rings. The van der Waals surface area contributed by atoms with Gasteiger partial charge < -0.3 is 14.2 Å². The molecular weight excluding hydrogens is 272 g/mol. The molecule has 2 rings (SSSR count). The van der Waals surface area contributed by atoms with Gasteiger partial charge in [-0.1, -0.05) is 0 Å². The molecule has 1 aliphatic heterocycles. The predicted molar refractivity (Wildman–Crippen MR) is 79.6 cm³/mol. The molecule has 0 atom stereocenters. The van der Waals surface area contributed by atoms with Crippen LogP contribution in [0.5, 0.6) is 12.0 Å². The van der Waals surface area contributed by atoms with Crippen LogP contribution in [0.4, 0.5) is 5.95 Å². The van der Waals surface area contributed by atoms with Gasteiger partial charge in [0.15, 0.2) is 0 Å². The standard InChI is InChI=1S/C14H25N4O3/c1-10(2)20-13-15-12(16-14(17-13)21-11(3)4)18(5)6-8-19-9-7-18/h10-11H,6-9H2,1-5H3/q+1. The van der Waals surface area contributed by atoms with Crippen molar-refractivity contribution in [3.05, 3.63) is 0 Å². The van der Waals surface area contributed by atoms with Crippen molar-refractivity contribution in [2.24, 2.45) is 0 Å². The summed E-state index contributed by atoms with van der Waals surface area (Å²) in [6.07, 6.45) is 0.00397. The van der Waals surface area contributed by atoms with E-state index in [1.807, 2.05) is 27.7 Å². The van der Waals surface area contributed by atoms with Gasteiger partial charge in [0.2, 0.25) is 0 Å². The van der Waals surface area contributed by atoms with Crippen molar-refractivity contribution in [2.75, 3.05) is 33.4 Å². The van der Waals surface area contributed by atoms with Crippen LogP contribution in [-0.2, 0) is 4.74 Å². The summed E-state index contributed by atoms with van der Waals surface area (Å²) in [5, 5.41) is 0. The maximum absolute atomic E-state index is 5.63. The first-order valence-electron chi connectivity index (χ1n) is 7.41. The van der Waals surface area contributed by atoms with E-state index in [-0.39, 0.29) is 12.2 Å². The molecule has 0 radical (unpaired) electrons. The lowest BCUT2D eigenvalue weighted by molar-refractivity contribution is 0.0484. The third kappa shape index (κ3) is 4.25. The van der Waals surface area contributed by atoms with Crippen molar-refractivity contribution in [2.45, 2.75) is 39.9 Å². The molecule has 1 aliphatic rings. The fourth-order valence-electron chi connectivity index (χ4n) is 2.04. The molecule has 1 aromatic rings. The van der Waals surface area contributed by atoms with Crippen molar-refractivity contribution in [1.82, 2.24) is 19.4 Å². The van der Waals surface area contributed by atoms with E-state index in [1.54, 1.807) is 0 Å². The first kappa shape index (κ1) is 15.9. The number of hydrogen-bond donors (Lipinski definition) is 0. The first-order chi connectivity index (χ1) is 9.89. The van der Waals surface area contributed by atoms with Crippen LogP contribution < -0.4 is 14.0 Å². The summed E-state index contributed by atoms with van der Waals surface area (Å²) in [5.41, 5.74) is 0. The number of quaternary nitrogens is 1. The van der Waals surface area contributed by atoms with E-state index in [9.17, 15) is 0 Å². The molecule has 0 spiro atoms. The zero-order valence-electron chi connectivity index (χ0n) is 13.5. The number of rotatable bonds is 5. The summed E-state index contributed by atoms with van der Waals surface area (Å²) >= 11 is 0. The molecule has 0 N–H and O–H groups in total. The highest BCUT2D eigenvalue weighted by atomic mass is 16.5. The second kappa shape index (κ2) is 6.53. The maximum atomic E-state index is 5.63. The Morgan fingerprint density at radius 2 is 1.38 bits per heavy atom. The van der Waals surface area contributed by atoms with Crippen LogP contribution in [0.1, 0.15) is 27.7 Å². The number of morpholine rings is 1. The summed E-state index contributed by atoms with van der Waals surface area (Å²) in [6, 6.07) is 0.632. The summed E-state index contributed by atoms with van der Waals surface area (Å²) in [4.78, 5) is 13.2. The van der Waals surface area contributed by atoms with E-state index >= 15 is 0 Å². The lowest BCUT2D eigenvalue weighted by Crippen LogP contribution is -2.54. The van der Waals surface area contributed by atoms with Gasteiger partial charge in [0.25, 0.3) is 0 Å². The second-order valence-corrected chi connectivity index (χ2v) is 5.99. The molecule has 0 amide bonds. The van der Waals surface area contributed by atoms with Gasteiger partial charge >= 0.3 is 18.0 Å². The van der Waals surface area contributed by atoms with E-state index in [0.717, 1.165) is 13.1 Å². The molecular formula is C14H25N4O3+. The quantitative estimate of drug-likeness (QED) is 0.766. The molecule has 21 heavy (non-hydrogen) atoms. The Bertz CT molecular complexity index is 445. The number of nitrogens with zero attached hydrogens (tertiary/aromatic N) is 4.